The summed E-state index contributed by atoms with van der Waals surface area (Å²) in [5.74, 6) is 0.133. The maximum absolute atomic E-state index is 12.3. The third kappa shape index (κ3) is 3.11. The number of H-pyrrole nitrogens is 1. The average molecular weight is 422 g/mol. The van der Waals surface area contributed by atoms with Gasteiger partial charge in [-0.25, -0.2) is 4.79 Å². The summed E-state index contributed by atoms with van der Waals surface area (Å²) in [5.41, 5.74) is 6.19. The normalized spacial score (nSPS) is 22.0. The van der Waals surface area contributed by atoms with Gasteiger partial charge in [0.1, 0.15) is 5.60 Å². The molecule has 6 nitrogen and oxygen atoms in total. The van der Waals surface area contributed by atoms with Crippen LogP contribution in [0.15, 0.2) is 73.2 Å². The summed E-state index contributed by atoms with van der Waals surface area (Å²) in [6.07, 6.45) is 8.72. The number of nitrogens with one attached hydrogen (secondary N) is 1. The highest BCUT2D eigenvalue weighted by molar-refractivity contribution is 5.94. The van der Waals surface area contributed by atoms with Crippen LogP contribution in [0.3, 0.4) is 0 Å². The van der Waals surface area contributed by atoms with E-state index in [0.717, 1.165) is 59.5 Å². The van der Waals surface area contributed by atoms with Crippen molar-refractivity contribution >= 4 is 5.97 Å². The van der Waals surface area contributed by atoms with Crippen molar-refractivity contribution in [1.29, 1.82) is 0 Å². The minimum absolute atomic E-state index is 0.225. The molecule has 1 fully saturated rings. The van der Waals surface area contributed by atoms with Crippen LogP contribution in [-0.4, -0.2) is 26.1 Å². The summed E-state index contributed by atoms with van der Waals surface area (Å²) >= 11 is 0. The summed E-state index contributed by atoms with van der Waals surface area (Å²) in [7, 11) is 0. The van der Waals surface area contributed by atoms with Crippen molar-refractivity contribution in [3.63, 3.8) is 0 Å². The van der Waals surface area contributed by atoms with Crippen molar-refractivity contribution in [2.75, 3.05) is 0 Å². The average Bonchev–Trinajstić information content (AvgIpc) is 3.45. The van der Waals surface area contributed by atoms with Crippen LogP contribution in [0.2, 0.25) is 0 Å². The number of ether oxygens (including phenoxy) is 1. The third-order valence-electron chi connectivity index (χ3n) is 6.78. The van der Waals surface area contributed by atoms with Gasteiger partial charge in [-0.15, -0.1) is 0 Å². The van der Waals surface area contributed by atoms with Gasteiger partial charge in [0.25, 0.3) is 0 Å². The van der Waals surface area contributed by atoms with Gasteiger partial charge in [-0.05, 0) is 49.9 Å². The molecule has 1 saturated carbocycles. The van der Waals surface area contributed by atoms with Gasteiger partial charge in [-0.1, -0.05) is 30.3 Å². The largest absolute Gasteiger partial charge is 0.450 e. The highest BCUT2D eigenvalue weighted by atomic mass is 16.6. The predicted molar refractivity (Wildman–Crippen MR) is 120 cm³/mol. The zero-order chi connectivity index (χ0) is 21.5. The van der Waals surface area contributed by atoms with Gasteiger partial charge in [0, 0.05) is 46.9 Å². The number of aromatic nitrogens is 4. The van der Waals surface area contributed by atoms with E-state index in [0.29, 0.717) is 11.5 Å². The van der Waals surface area contributed by atoms with Crippen molar-refractivity contribution < 1.29 is 9.53 Å². The third-order valence-corrected chi connectivity index (χ3v) is 6.78. The van der Waals surface area contributed by atoms with Gasteiger partial charge < -0.3 is 4.74 Å². The number of fused-ring (bicyclic) bond motifs is 2. The molecule has 0 amide bonds. The van der Waals surface area contributed by atoms with Crippen LogP contribution in [0.5, 0.6) is 0 Å². The van der Waals surface area contributed by atoms with Crippen molar-refractivity contribution in [3.8, 4) is 22.5 Å². The smallest absolute Gasteiger partial charge is 0.339 e. The first-order valence-electron chi connectivity index (χ1n) is 11.0. The van der Waals surface area contributed by atoms with E-state index in [4.69, 9.17) is 4.74 Å². The lowest BCUT2D eigenvalue weighted by Gasteiger charge is -2.35. The number of aromatic amines is 1. The second-order valence-corrected chi connectivity index (χ2v) is 8.58. The number of carbonyl (C=O) groups is 1. The fraction of sp³-hybridized carbons (Fsp3) is 0.231. The highest BCUT2D eigenvalue weighted by Gasteiger charge is 2.48. The Kier molecular flexibility index (Phi) is 4.38. The molecule has 1 aliphatic carbocycles. The van der Waals surface area contributed by atoms with Crippen molar-refractivity contribution in [1.82, 2.24) is 20.2 Å². The summed E-state index contributed by atoms with van der Waals surface area (Å²) in [6.45, 7) is 0. The molecule has 2 aliphatic rings. The molecule has 0 bridgehead atoms. The van der Waals surface area contributed by atoms with E-state index in [1.807, 2.05) is 30.5 Å². The van der Waals surface area contributed by atoms with Gasteiger partial charge in [0.05, 0.1) is 17.0 Å². The molecule has 0 saturated heterocycles. The lowest BCUT2D eigenvalue weighted by atomic mass is 9.74. The van der Waals surface area contributed by atoms with E-state index in [2.05, 4.69) is 44.4 Å². The topological polar surface area (TPSA) is 80.8 Å². The van der Waals surface area contributed by atoms with Crippen LogP contribution >= 0.6 is 0 Å². The molecule has 4 heterocycles. The maximum Gasteiger partial charge on any atom is 0.339 e. The van der Waals surface area contributed by atoms with Crippen molar-refractivity contribution in [3.05, 3.63) is 90.0 Å². The van der Waals surface area contributed by atoms with E-state index >= 15 is 0 Å². The minimum atomic E-state index is -0.518. The number of hydrogen-bond donors (Lipinski definition) is 1. The predicted octanol–water partition coefficient (Wildman–Crippen LogP) is 5.26. The molecule has 4 aromatic rings. The summed E-state index contributed by atoms with van der Waals surface area (Å²) in [5, 5.41) is 7.83. The number of nitrogens with zero attached hydrogens (tertiary/aromatic N) is 3. The molecule has 1 N–H and O–H groups in total. The second kappa shape index (κ2) is 7.41. The molecule has 0 radical (unpaired) electrons. The lowest BCUT2D eigenvalue weighted by Crippen LogP contribution is -2.31. The van der Waals surface area contributed by atoms with Gasteiger partial charge in [-0.3, -0.25) is 15.1 Å². The van der Waals surface area contributed by atoms with Crippen LogP contribution in [-0.2, 0) is 10.3 Å². The zero-order valence-electron chi connectivity index (χ0n) is 17.5. The Morgan fingerprint density at radius 3 is 2.62 bits per heavy atom. The SMILES string of the molecule is O=C1OC2(CCC(c3cc(-c4ccnc(-c5ccccc5)c4)n[nH]3)CC2)c2cnccc21. The fourth-order valence-electron chi connectivity index (χ4n) is 5.04. The standard InChI is InChI=1S/C26H22N4O2/c31-25-20-9-12-27-16-21(20)26(32-25)10-6-18(7-11-26)23-15-24(30-29-23)19-8-13-28-22(14-19)17-4-2-1-3-5-17/h1-5,8-9,12-16,18H,6-7,10-11H2,(H,29,30). The first kappa shape index (κ1) is 18.9. The lowest BCUT2D eigenvalue weighted by molar-refractivity contribution is -0.0312. The number of benzene rings is 1. The van der Waals surface area contributed by atoms with Gasteiger partial charge in [0.15, 0.2) is 0 Å². The summed E-state index contributed by atoms with van der Waals surface area (Å²) in [4.78, 5) is 21.1. The van der Waals surface area contributed by atoms with Crippen molar-refractivity contribution in [2.45, 2.75) is 37.2 Å². The van der Waals surface area contributed by atoms with Gasteiger partial charge in [-0.2, -0.15) is 5.10 Å². The Morgan fingerprint density at radius 1 is 0.938 bits per heavy atom. The van der Waals surface area contributed by atoms with E-state index in [1.54, 1.807) is 18.5 Å². The van der Waals surface area contributed by atoms with E-state index < -0.39 is 5.60 Å². The minimum Gasteiger partial charge on any atom is -0.450 e. The van der Waals surface area contributed by atoms with Gasteiger partial charge >= 0.3 is 5.97 Å². The van der Waals surface area contributed by atoms with Crippen LogP contribution in [0, 0.1) is 0 Å². The highest BCUT2D eigenvalue weighted by Crippen LogP contribution is 2.49. The number of hydrogen-bond acceptors (Lipinski definition) is 5. The van der Waals surface area contributed by atoms with Crippen molar-refractivity contribution in [2.24, 2.45) is 0 Å². The number of pyridine rings is 2. The molecule has 1 aliphatic heterocycles. The fourth-order valence-corrected chi connectivity index (χ4v) is 5.04. The molecule has 158 valence electrons. The Labute approximate surface area is 185 Å². The molecule has 0 atom stereocenters. The van der Waals surface area contributed by atoms with Crippen LogP contribution < -0.4 is 0 Å². The van der Waals surface area contributed by atoms with E-state index in [1.165, 1.54) is 0 Å². The van der Waals surface area contributed by atoms with Crippen LogP contribution in [0.25, 0.3) is 22.5 Å². The van der Waals surface area contributed by atoms with Crippen LogP contribution in [0.1, 0.15) is 53.2 Å². The molecule has 1 aromatic carbocycles. The van der Waals surface area contributed by atoms with Crippen LogP contribution in [0.4, 0.5) is 0 Å². The maximum atomic E-state index is 12.3. The Balaban J connectivity index is 1.21. The Hall–Kier alpha value is -3.80. The number of esters is 1. The summed E-state index contributed by atoms with van der Waals surface area (Å²) in [6, 6.07) is 18.1. The molecular weight excluding hydrogens is 400 g/mol. The van der Waals surface area contributed by atoms with Gasteiger partial charge in [0.2, 0.25) is 0 Å². The summed E-state index contributed by atoms with van der Waals surface area (Å²) < 4.78 is 5.86. The first-order chi connectivity index (χ1) is 15.7. The number of carbonyl (C=O) groups excluding carboxylic acids is 1. The Bertz CT molecular complexity index is 1290. The molecule has 0 unspecified atom stereocenters. The zero-order valence-corrected chi connectivity index (χ0v) is 17.5. The van der Waals surface area contributed by atoms with E-state index in [9.17, 15) is 4.79 Å². The Morgan fingerprint density at radius 2 is 1.78 bits per heavy atom. The molecule has 32 heavy (non-hydrogen) atoms. The molecule has 6 heteroatoms. The molecule has 3 aromatic heterocycles. The number of rotatable bonds is 3. The molecule has 1 spiro atoms. The quantitative estimate of drug-likeness (QED) is 0.456. The monoisotopic (exact) mass is 422 g/mol. The van der Waals surface area contributed by atoms with E-state index in [-0.39, 0.29) is 5.97 Å². The molecule has 6 rings (SSSR count). The second-order valence-electron chi connectivity index (χ2n) is 8.58. The molecular formula is C26H22N4O2. The first-order valence-corrected chi connectivity index (χ1v) is 11.0.